The number of aryl methyl sites for hydroxylation is 1. The van der Waals surface area contributed by atoms with Gasteiger partial charge in [-0.1, -0.05) is 0 Å². The number of alkyl carbamates (subject to hydrolysis) is 1. The summed E-state index contributed by atoms with van der Waals surface area (Å²) in [6, 6.07) is 0.0102. The van der Waals surface area contributed by atoms with Gasteiger partial charge in [-0.25, -0.2) is 9.78 Å². The van der Waals surface area contributed by atoms with Gasteiger partial charge in [0.25, 0.3) is 0 Å². The first-order valence-electron chi connectivity index (χ1n) is 6.38. The van der Waals surface area contributed by atoms with Crippen molar-refractivity contribution in [2.75, 3.05) is 0 Å². The molecule has 0 spiro atoms. The Labute approximate surface area is 112 Å². The van der Waals surface area contributed by atoms with Gasteiger partial charge in [0.2, 0.25) is 0 Å². The highest BCUT2D eigenvalue weighted by molar-refractivity contribution is 5.71. The summed E-state index contributed by atoms with van der Waals surface area (Å²) >= 11 is 0. The minimum Gasteiger partial charge on any atom is -0.444 e. The van der Waals surface area contributed by atoms with Gasteiger partial charge in [-0.3, -0.25) is 4.79 Å². The van der Waals surface area contributed by atoms with Gasteiger partial charge in [-0.05, 0) is 27.2 Å². The average molecular weight is 265 g/mol. The molecule has 0 fully saturated rings. The second-order valence-electron chi connectivity index (χ2n) is 5.73. The Bertz CT molecular complexity index is 488. The number of rotatable bonds is 2. The number of carbonyl (C=O) groups excluding carboxylic acids is 2. The molecule has 1 aromatic heterocycles. The van der Waals surface area contributed by atoms with Crippen LogP contribution >= 0.6 is 0 Å². The van der Waals surface area contributed by atoms with E-state index in [9.17, 15) is 9.59 Å². The van der Waals surface area contributed by atoms with Gasteiger partial charge in [-0.15, -0.1) is 0 Å². The van der Waals surface area contributed by atoms with Crippen molar-refractivity contribution in [2.45, 2.75) is 51.8 Å². The maximum Gasteiger partial charge on any atom is 0.407 e. The zero-order chi connectivity index (χ0) is 14.0. The van der Waals surface area contributed by atoms with Gasteiger partial charge < -0.3 is 14.6 Å². The Kier molecular flexibility index (Phi) is 3.59. The third-order valence-corrected chi connectivity index (χ3v) is 2.85. The number of ether oxygens (including phenoxy) is 1. The first-order chi connectivity index (χ1) is 8.87. The molecular formula is C13H19N3O3. The molecule has 6 heteroatoms. The number of hydrogen-bond donors (Lipinski definition) is 1. The summed E-state index contributed by atoms with van der Waals surface area (Å²) in [4.78, 5) is 26.6. The van der Waals surface area contributed by atoms with Gasteiger partial charge >= 0.3 is 6.09 Å². The van der Waals surface area contributed by atoms with Crippen LogP contribution in [0.15, 0.2) is 6.20 Å². The van der Waals surface area contributed by atoms with Crippen molar-refractivity contribution in [3.05, 3.63) is 17.7 Å². The molecule has 19 heavy (non-hydrogen) atoms. The maximum atomic E-state index is 11.7. The van der Waals surface area contributed by atoms with Crippen molar-refractivity contribution in [3.63, 3.8) is 0 Å². The minimum absolute atomic E-state index is 0.0102. The van der Waals surface area contributed by atoms with Crippen molar-refractivity contribution in [2.24, 2.45) is 0 Å². The van der Waals surface area contributed by atoms with Crippen molar-refractivity contribution in [3.8, 4) is 0 Å². The van der Waals surface area contributed by atoms with E-state index in [-0.39, 0.29) is 6.04 Å². The molecular weight excluding hydrogens is 246 g/mol. The number of imidazole rings is 1. The SMILES string of the molecule is CC(C)(C)OC(=O)NC1CCc2nc(C=O)cn2C1. The first kappa shape index (κ1) is 13.6. The quantitative estimate of drug-likeness (QED) is 0.823. The molecule has 2 heterocycles. The fourth-order valence-electron chi connectivity index (χ4n) is 2.11. The normalized spacial score (nSPS) is 18.6. The molecule has 1 N–H and O–H groups in total. The first-order valence-corrected chi connectivity index (χ1v) is 6.38. The number of fused-ring (bicyclic) bond motifs is 1. The lowest BCUT2D eigenvalue weighted by atomic mass is 10.1. The van der Waals surface area contributed by atoms with Crippen LogP contribution in [0.5, 0.6) is 0 Å². The maximum absolute atomic E-state index is 11.7. The summed E-state index contributed by atoms with van der Waals surface area (Å²) in [7, 11) is 0. The third-order valence-electron chi connectivity index (χ3n) is 2.85. The number of carbonyl (C=O) groups is 2. The Morgan fingerprint density at radius 1 is 1.58 bits per heavy atom. The number of nitrogens with one attached hydrogen (secondary N) is 1. The van der Waals surface area contributed by atoms with Gasteiger partial charge in [0.1, 0.15) is 17.1 Å². The Morgan fingerprint density at radius 2 is 2.32 bits per heavy atom. The second kappa shape index (κ2) is 5.03. The fourth-order valence-corrected chi connectivity index (χ4v) is 2.11. The lowest BCUT2D eigenvalue weighted by molar-refractivity contribution is 0.0493. The number of aldehydes is 1. The topological polar surface area (TPSA) is 73.2 Å². The average Bonchev–Trinajstić information content (AvgIpc) is 2.68. The molecule has 0 aromatic carbocycles. The molecule has 1 unspecified atom stereocenters. The molecule has 6 nitrogen and oxygen atoms in total. The lowest BCUT2D eigenvalue weighted by Crippen LogP contribution is -2.43. The van der Waals surface area contributed by atoms with Crippen LogP contribution in [0.3, 0.4) is 0 Å². The summed E-state index contributed by atoms with van der Waals surface area (Å²) < 4.78 is 7.14. The van der Waals surface area contributed by atoms with E-state index in [1.807, 2.05) is 25.3 Å². The molecule has 1 aliphatic rings. The molecule has 0 saturated heterocycles. The summed E-state index contributed by atoms with van der Waals surface area (Å²) in [5.74, 6) is 0.893. The highest BCUT2D eigenvalue weighted by Gasteiger charge is 2.24. The Balaban J connectivity index is 1.94. The summed E-state index contributed by atoms with van der Waals surface area (Å²) in [6.45, 7) is 6.11. The largest absolute Gasteiger partial charge is 0.444 e. The summed E-state index contributed by atoms with van der Waals surface area (Å²) in [6.07, 6.45) is 3.59. The molecule has 1 atom stereocenters. The zero-order valence-electron chi connectivity index (χ0n) is 11.5. The van der Waals surface area contributed by atoms with E-state index >= 15 is 0 Å². The number of nitrogens with zero attached hydrogens (tertiary/aromatic N) is 2. The molecule has 0 radical (unpaired) electrons. The molecule has 1 aromatic rings. The zero-order valence-corrected chi connectivity index (χ0v) is 11.5. The van der Waals surface area contributed by atoms with Gasteiger partial charge in [0.05, 0.1) is 6.04 Å². The van der Waals surface area contributed by atoms with Crippen LogP contribution in [0.4, 0.5) is 4.79 Å². The van der Waals surface area contributed by atoms with Crippen LogP contribution in [-0.2, 0) is 17.7 Å². The number of hydrogen-bond acceptors (Lipinski definition) is 4. The molecule has 1 amide bonds. The van der Waals surface area contributed by atoms with Crippen molar-refractivity contribution < 1.29 is 14.3 Å². The molecule has 0 saturated carbocycles. The van der Waals surface area contributed by atoms with Crippen LogP contribution < -0.4 is 5.32 Å². The standard InChI is InChI=1S/C13H19N3O3/c1-13(2,3)19-12(18)15-9-4-5-11-14-10(8-17)7-16(11)6-9/h7-9H,4-6H2,1-3H3,(H,15,18). The highest BCUT2D eigenvalue weighted by atomic mass is 16.6. The van der Waals surface area contributed by atoms with E-state index in [2.05, 4.69) is 10.3 Å². The molecule has 104 valence electrons. The van der Waals surface area contributed by atoms with E-state index in [0.29, 0.717) is 12.2 Å². The molecule has 1 aliphatic heterocycles. The molecule has 0 aliphatic carbocycles. The van der Waals surface area contributed by atoms with Crippen LogP contribution in [-0.4, -0.2) is 33.6 Å². The van der Waals surface area contributed by atoms with Gasteiger partial charge in [0, 0.05) is 19.2 Å². The second-order valence-corrected chi connectivity index (χ2v) is 5.73. The number of amides is 1. The van der Waals surface area contributed by atoms with Crippen LogP contribution in [0.2, 0.25) is 0 Å². The van der Waals surface area contributed by atoms with Crippen molar-refractivity contribution in [1.29, 1.82) is 0 Å². The van der Waals surface area contributed by atoms with Gasteiger partial charge in [0.15, 0.2) is 6.29 Å². The predicted octanol–water partition coefficient (Wildman–Crippen LogP) is 1.54. The van der Waals surface area contributed by atoms with E-state index < -0.39 is 11.7 Å². The monoisotopic (exact) mass is 265 g/mol. The van der Waals surface area contributed by atoms with Gasteiger partial charge in [-0.2, -0.15) is 0 Å². The third kappa shape index (κ3) is 3.56. The lowest BCUT2D eigenvalue weighted by Gasteiger charge is -2.26. The van der Waals surface area contributed by atoms with Crippen molar-refractivity contribution >= 4 is 12.4 Å². The summed E-state index contributed by atoms with van der Waals surface area (Å²) in [5.41, 5.74) is -0.0585. The predicted molar refractivity (Wildman–Crippen MR) is 69.1 cm³/mol. The van der Waals surface area contributed by atoms with Crippen LogP contribution in [0, 0.1) is 0 Å². The Hall–Kier alpha value is -1.85. The van der Waals surface area contributed by atoms with E-state index in [4.69, 9.17) is 4.74 Å². The Morgan fingerprint density at radius 3 is 2.95 bits per heavy atom. The van der Waals surface area contributed by atoms with E-state index in [1.54, 1.807) is 6.20 Å². The van der Waals surface area contributed by atoms with E-state index in [1.165, 1.54) is 0 Å². The van der Waals surface area contributed by atoms with Crippen LogP contribution in [0.1, 0.15) is 43.5 Å². The van der Waals surface area contributed by atoms with E-state index in [0.717, 1.165) is 25.0 Å². The van der Waals surface area contributed by atoms with Crippen molar-refractivity contribution in [1.82, 2.24) is 14.9 Å². The van der Waals surface area contributed by atoms with Crippen LogP contribution in [0.25, 0.3) is 0 Å². The fraction of sp³-hybridized carbons (Fsp3) is 0.615. The minimum atomic E-state index is -0.496. The summed E-state index contributed by atoms with van der Waals surface area (Å²) in [5, 5.41) is 2.85. The smallest absolute Gasteiger partial charge is 0.407 e. The molecule has 2 rings (SSSR count). The molecule has 0 bridgehead atoms. The highest BCUT2D eigenvalue weighted by Crippen LogP contribution is 2.15. The number of aromatic nitrogens is 2.